The summed E-state index contributed by atoms with van der Waals surface area (Å²) < 4.78 is 25.2. The van der Waals surface area contributed by atoms with Gasteiger partial charge in [0.1, 0.15) is 0 Å². The number of para-hydroxylation sites is 1. The van der Waals surface area contributed by atoms with E-state index in [-0.39, 0.29) is 19.0 Å². The highest BCUT2D eigenvalue weighted by atomic mass is 32.2. The highest BCUT2D eigenvalue weighted by Gasteiger charge is 2.46. The Labute approximate surface area is 211 Å². The summed E-state index contributed by atoms with van der Waals surface area (Å²) in [4.78, 5) is 22.0. The number of carbonyl (C=O) groups excluding carboxylic acids is 1. The lowest BCUT2D eigenvalue weighted by molar-refractivity contribution is 0.0699. The normalized spacial score (nSPS) is 17.6. The molecule has 3 aromatic rings. The third kappa shape index (κ3) is 4.21. The minimum atomic E-state index is -3.29. The lowest BCUT2D eigenvalue weighted by Gasteiger charge is -2.33. The first-order valence-corrected chi connectivity index (χ1v) is 13.8. The van der Waals surface area contributed by atoms with Crippen LogP contribution in [0.25, 0.3) is 22.0 Å². The SMILES string of the molecule is CN(C)c1cc(-c2c(C(=O)N3CCN(S(C)(=O)=O)CC3)cnc3ccccc23)ccc1C1(C#N)CC1. The van der Waals surface area contributed by atoms with E-state index in [1.165, 1.54) is 10.6 Å². The fourth-order valence-electron chi connectivity index (χ4n) is 5.04. The van der Waals surface area contributed by atoms with Crippen LogP contribution in [0.2, 0.25) is 0 Å². The fraction of sp³-hybridized carbons (Fsp3) is 0.370. The van der Waals surface area contributed by atoms with E-state index in [0.717, 1.165) is 46.1 Å². The molecule has 2 aliphatic rings. The van der Waals surface area contributed by atoms with Crippen LogP contribution in [0.4, 0.5) is 5.69 Å². The summed E-state index contributed by atoms with van der Waals surface area (Å²) in [7, 11) is 0.642. The third-order valence-electron chi connectivity index (χ3n) is 7.25. The minimum Gasteiger partial charge on any atom is -0.377 e. The van der Waals surface area contributed by atoms with Crippen LogP contribution in [0.5, 0.6) is 0 Å². The zero-order chi connectivity index (χ0) is 25.7. The topological polar surface area (TPSA) is 97.6 Å². The molecule has 0 bridgehead atoms. The number of fused-ring (bicyclic) bond motifs is 1. The van der Waals surface area contributed by atoms with E-state index in [0.29, 0.717) is 18.7 Å². The molecule has 1 aliphatic heterocycles. The summed E-state index contributed by atoms with van der Waals surface area (Å²) in [5.74, 6) is -0.164. The van der Waals surface area contributed by atoms with Gasteiger partial charge in [-0.2, -0.15) is 9.57 Å². The van der Waals surface area contributed by atoms with Crippen LogP contribution >= 0.6 is 0 Å². The van der Waals surface area contributed by atoms with Gasteiger partial charge in [0, 0.05) is 63.1 Å². The number of hydrogen-bond acceptors (Lipinski definition) is 6. The Bertz CT molecular complexity index is 1500. The van der Waals surface area contributed by atoms with Gasteiger partial charge in [-0.25, -0.2) is 8.42 Å². The Balaban J connectivity index is 1.61. The van der Waals surface area contributed by atoms with Crippen LogP contribution in [0.3, 0.4) is 0 Å². The molecule has 1 saturated carbocycles. The highest BCUT2D eigenvalue weighted by Crippen LogP contribution is 2.51. The van der Waals surface area contributed by atoms with Gasteiger partial charge in [-0.15, -0.1) is 0 Å². The Morgan fingerprint density at radius 1 is 1.08 bits per heavy atom. The summed E-state index contributed by atoms with van der Waals surface area (Å²) in [6.45, 7) is 1.20. The number of nitriles is 1. The number of carbonyl (C=O) groups is 1. The maximum atomic E-state index is 13.8. The van der Waals surface area contributed by atoms with Gasteiger partial charge in [-0.3, -0.25) is 9.78 Å². The maximum absolute atomic E-state index is 13.8. The molecule has 1 aliphatic carbocycles. The van der Waals surface area contributed by atoms with Crippen molar-refractivity contribution < 1.29 is 13.2 Å². The van der Waals surface area contributed by atoms with E-state index in [9.17, 15) is 18.5 Å². The van der Waals surface area contributed by atoms with E-state index in [4.69, 9.17) is 0 Å². The molecule has 0 radical (unpaired) electrons. The van der Waals surface area contributed by atoms with Crippen molar-refractivity contribution in [1.82, 2.24) is 14.2 Å². The van der Waals surface area contributed by atoms with Crippen molar-refractivity contribution in [1.29, 1.82) is 5.26 Å². The van der Waals surface area contributed by atoms with Gasteiger partial charge in [-0.1, -0.05) is 30.3 Å². The smallest absolute Gasteiger partial charge is 0.256 e. The first kappa shape index (κ1) is 24.2. The predicted molar refractivity (Wildman–Crippen MR) is 140 cm³/mol. The Kier molecular flexibility index (Phi) is 5.97. The van der Waals surface area contributed by atoms with E-state index in [2.05, 4.69) is 17.1 Å². The second-order valence-electron chi connectivity index (χ2n) is 9.84. The molecule has 1 amide bonds. The van der Waals surface area contributed by atoms with Crippen molar-refractivity contribution in [2.24, 2.45) is 0 Å². The van der Waals surface area contributed by atoms with Crippen LogP contribution < -0.4 is 4.90 Å². The molecule has 0 unspecified atom stereocenters. The summed E-state index contributed by atoms with van der Waals surface area (Å²) >= 11 is 0. The van der Waals surface area contributed by atoms with Gasteiger partial charge in [0.25, 0.3) is 5.91 Å². The average molecular weight is 504 g/mol. The molecule has 2 aromatic carbocycles. The molecule has 9 heteroatoms. The molecular formula is C27H29N5O3S. The van der Waals surface area contributed by atoms with E-state index in [1.807, 2.05) is 55.4 Å². The molecule has 0 spiro atoms. The zero-order valence-corrected chi connectivity index (χ0v) is 21.5. The summed E-state index contributed by atoms with van der Waals surface area (Å²) in [5.41, 5.74) is 4.50. The second kappa shape index (κ2) is 8.87. The van der Waals surface area contributed by atoms with Gasteiger partial charge in [-0.05, 0) is 36.1 Å². The van der Waals surface area contributed by atoms with Gasteiger partial charge >= 0.3 is 0 Å². The molecule has 1 aromatic heterocycles. The number of piperazine rings is 1. The predicted octanol–water partition coefficient (Wildman–Crippen LogP) is 3.24. The van der Waals surface area contributed by atoms with E-state index in [1.54, 1.807) is 11.1 Å². The van der Waals surface area contributed by atoms with Crippen LogP contribution in [-0.4, -0.2) is 75.0 Å². The van der Waals surface area contributed by atoms with Crippen molar-refractivity contribution in [2.75, 3.05) is 51.4 Å². The molecular weight excluding hydrogens is 474 g/mol. The molecule has 5 rings (SSSR count). The largest absolute Gasteiger partial charge is 0.377 e. The number of hydrogen-bond donors (Lipinski definition) is 0. The standard InChI is InChI=1S/C27H29N5O3S/c1-30(2)24-16-19(8-9-22(24)27(18-28)10-11-27)25-20-6-4-5-7-23(20)29-17-21(25)26(33)31-12-14-32(15-13-31)36(3,34)35/h4-9,16-17H,10-15H2,1-3H3. The third-order valence-corrected chi connectivity index (χ3v) is 8.55. The number of sulfonamides is 1. The fourth-order valence-corrected chi connectivity index (χ4v) is 5.86. The molecule has 2 fully saturated rings. The number of aromatic nitrogens is 1. The summed E-state index contributed by atoms with van der Waals surface area (Å²) in [6, 6.07) is 16.3. The summed E-state index contributed by atoms with van der Waals surface area (Å²) in [6.07, 6.45) is 4.53. The van der Waals surface area contributed by atoms with Gasteiger partial charge in [0.05, 0.1) is 28.8 Å². The van der Waals surface area contributed by atoms with Gasteiger partial charge in [0.15, 0.2) is 0 Å². The first-order valence-electron chi connectivity index (χ1n) is 12.0. The average Bonchev–Trinajstić information content (AvgIpc) is 3.68. The minimum absolute atomic E-state index is 0.164. The lowest BCUT2D eigenvalue weighted by Crippen LogP contribution is -2.50. The first-order chi connectivity index (χ1) is 17.1. The highest BCUT2D eigenvalue weighted by molar-refractivity contribution is 7.88. The number of nitrogens with zero attached hydrogens (tertiary/aromatic N) is 5. The quantitative estimate of drug-likeness (QED) is 0.530. The number of rotatable bonds is 5. The van der Waals surface area contributed by atoms with Crippen molar-refractivity contribution in [2.45, 2.75) is 18.3 Å². The van der Waals surface area contributed by atoms with E-state index < -0.39 is 15.4 Å². The van der Waals surface area contributed by atoms with Crippen molar-refractivity contribution in [3.05, 3.63) is 59.8 Å². The van der Waals surface area contributed by atoms with Crippen molar-refractivity contribution in [3.63, 3.8) is 0 Å². The molecule has 0 atom stereocenters. The molecule has 186 valence electrons. The zero-order valence-electron chi connectivity index (χ0n) is 20.7. The molecule has 0 N–H and O–H groups in total. The summed E-state index contributed by atoms with van der Waals surface area (Å²) in [5, 5.41) is 10.7. The van der Waals surface area contributed by atoms with Gasteiger partial charge in [0.2, 0.25) is 10.0 Å². The number of pyridine rings is 1. The number of anilines is 1. The van der Waals surface area contributed by atoms with Gasteiger partial charge < -0.3 is 9.80 Å². The van der Waals surface area contributed by atoms with Crippen LogP contribution in [0.1, 0.15) is 28.8 Å². The Hall–Kier alpha value is -3.48. The van der Waals surface area contributed by atoms with Crippen LogP contribution in [0.15, 0.2) is 48.7 Å². The maximum Gasteiger partial charge on any atom is 0.256 e. The van der Waals surface area contributed by atoms with Crippen molar-refractivity contribution in [3.8, 4) is 17.2 Å². The van der Waals surface area contributed by atoms with E-state index >= 15 is 0 Å². The lowest BCUT2D eigenvalue weighted by atomic mass is 9.90. The van der Waals surface area contributed by atoms with Crippen LogP contribution in [0, 0.1) is 11.3 Å². The van der Waals surface area contributed by atoms with Crippen molar-refractivity contribution >= 4 is 32.5 Å². The monoisotopic (exact) mass is 503 g/mol. The number of amides is 1. The Morgan fingerprint density at radius 3 is 2.39 bits per heavy atom. The number of benzene rings is 2. The Morgan fingerprint density at radius 2 is 1.78 bits per heavy atom. The molecule has 1 saturated heterocycles. The van der Waals surface area contributed by atoms with Crippen LogP contribution in [-0.2, 0) is 15.4 Å². The molecule has 36 heavy (non-hydrogen) atoms. The second-order valence-corrected chi connectivity index (χ2v) is 11.8. The molecule has 2 heterocycles. The molecule has 8 nitrogen and oxygen atoms in total.